The lowest BCUT2D eigenvalue weighted by molar-refractivity contribution is -0.123. The van der Waals surface area contributed by atoms with Gasteiger partial charge in [0.25, 0.3) is 0 Å². The quantitative estimate of drug-likeness (QED) is 0.817. The maximum Gasteiger partial charge on any atom is 0.237 e. The third-order valence-corrected chi connectivity index (χ3v) is 4.44. The third-order valence-electron chi connectivity index (χ3n) is 4.44. The van der Waals surface area contributed by atoms with Crippen molar-refractivity contribution in [2.75, 3.05) is 19.6 Å². The lowest BCUT2D eigenvalue weighted by Crippen LogP contribution is -2.57. The molecule has 5 heteroatoms. The first-order valence-electron chi connectivity index (χ1n) is 7.92. The van der Waals surface area contributed by atoms with Crippen LogP contribution in [0.1, 0.15) is 48.0 Å². The van der Waals surface area contributed by atoms with E-state index < -0.39 is 6.04 Å². The Balaban J connectivity index is 0.00000400. The van der Waals surface area contributed by atoms with Crippen LogP contribution in [0.15, 0.2) is 0 Å². The first-order chi connectivity index (χ1) is 9.13. The van der Waals surface area contributed by atoms with E-state index in [9.17, 15) is 4.79 Å². The lowest BCUT2D eigenvalue weighted by Gasteiger charge is -2.45. The average Bonchev–Trinajstić information content (AvgIpc) is 2.33. The molecule has 21 heavy (non-hydrogen) atoms. The molecule has 1 saturated heterocycles. The number of carbonyl (C=O) groups is 1. The van der Waals surface area contributed by atoms with Gasteiger partial charge < -0.3 is 11.1 Å². The third kappa shape index (κ3) is 6.13. The van der Waals surface area contributed by atoms with Crippen LogP contribution in [-0.2, 0) is 4.79 Å². The van der Waals surface area contributed by atoms with E-state index in [2.05, 4.69) is 37.9 Å². The number of amides is 1. The minimum absolute atomic E-state index is 0. The van der Waals surface area contributed by atoms with Gasteiger partial charge in [0.1, 0.15) is 0 Å². The standard InChI is InChI=1S/C16H33N3O.ClH/c1-11(2)14(17)15(20)18-10-16(5,6)19-8-12(3)7-13(4)9-19;/h11-14H,7-10,17H2,1-6H3,(H,18,20);1H/t12?,13?,14-;/m0./s1. The highest BCUT2D eigenvalue weighted by Gasteiger charge is 2.33. The van der Waals surface area contributed by atoms with Crippen molar-refractivity contribution in [3.05, 3.63) is 0 Å². The second-order valence-corrected chi connectivity index (χ2v) is 7.65. The monoisotopic (exact) mass is 319 g/mol. The Morgan fingerprint density at radius 3 is 2.19 bits per heavy atom. The largest absolute Gasteiger partial charge is 0.353 e. The van der Waals surface area contributed by atoms with Crippen molar-refractivity contribution in [1.29, 1.82) is 0 Å². The molecule has 0 radical (unpaired) electrons. The number of nitrogens with zero attached hydrogens (tertiary/aromatic N) is 1. The smallest absolute Gasteiger partial charge is 0.237 e. The fourth-order valence-corrected chi connectivity index (χ4v) is 2.99. The zero-order valence-electron chi connectivity index (χ0n) is 14.5. The number of rotatable bonds is 5. The Hall–Kier alpha value is -0.320. The van der Waals surface area contributed by atoms with Gasteiger partial charge in [-0.2, -0.15) is 0 Å². The molecule has 0 aromatic heterocycles. The van der Waals surface area contributed by atoms with Crippen LogP contribution in [0, 0.1) is 17.8 Å². The van der Waals surface area contributed by atoms with E-state index in [1.165, 1.54) is 6.42 Å². The van der Waals surface area contributed by atoms with Gasteiger partial charge in [-0.05, 0) is 38.0 Å². The molecule has 4 nitrogen and oxygen atoms in total. The van der Waals surface area contributed by atoms with Crippen molar-refractivity contribution in [3.8, 4) is 0 Å². The van der Waals surface area contributed by atoms with Gasteiger partial charge in [-0.15, -0.1) is 12.4 Å². The Kier molecular flexibility index (Phi) is 8.22. The number of halogens is 1. The van der Waals surface area contributed by atoms with Crippen LogP contribution in [0.2, 0.25) is 0 Å². The van der Waals surface area contributed by atoms with E-state index in [1.807, 2.05) is 13.8 Å². The number of likely N-dealkylation sites (tertiary alicyclic amines) is 1. The minimum atomic E-state index is -0.412. The number of carbonyl (C=O) groups excluding carboxylic acids is 1. The van der Waals surface area contributed by atoms with Crippen LogP contribution < -0.4 is 11.1 Å². The number of hydrogen-bond donors (Lipinski definition) is 2. The summed E-state index contributed by atoms with van der Waals surface area (Å²) in [6.45, 7) is 15.9. The molecule has 0 aromatic carbocycles. The molecule has 0 aliphatic carbocycles. The van der Waals surface area contributed by atoms with Crippen molar-refractivity contribution in [2.24, 2.45) is 23.5 Å². The summed E-state index contributed by atoms with van der Waals surface area (Å²) in [4.78, 5) is 14.5. The SMILES string of the molecule is CC1CC(C)CN(C(C)(C)CNC(=O)[C@@H](N)C(C)C)C1.Cl. The fraction of sp³-hybridized carbons (Fsp3) is 0.938. The van der Waals surface area contributed by atoms with Crippen molar-refractivity contribution < 1.29 is 4.79 Å². The van der Waals surface area contributed by atoms with Crippen molar-refractivity contribution in [3.63, 3.8) is 0 Å². The van der Waals surface area contributed by atoms with Gasteiger partial charge in [-0.25, -0.2) is 0 Å². The van der Waals surface area contributed by atoms with Crippen molar-refractivity contribution in [2.45, 2.75) is 59.5 Å². The molecule has 0 spiro atoms. The van der Waals surface area contributed by atoms with Gasteiger partial charge in [0.15, 0.2) is 0 Å². The van der Waals surface area contributed by atoms with Crippen molar-refractivity contribution >= 4 is 18.3 Å². The molecule has 2 unspecified atom stereocenters. The average molecular weight is 320 g/mol. The molecule has 0 aromatic rings. The first kappa shape index (κ1) is 20.7. The van der Waals surface area contributed by atoms with Crippen LogP contribution in [0.3, 0.4) is 0 Å². The van der Waals surface area contributed by atoms with Gasteiger partial charge in [0.05, 0.1) is 6.04 Å². The van der Waals surface area contributed by atoms with E-state index in [-0.39, 0.29) is 29.8 Å². The summed E-state index contributed by atoms with van der Waals surface area (Å²) in [7, 11) is 0. The Morgan fingerprint density at radius 2 is 1.76 bits per heavy atom. The zero-order valence-corrected chi connectivity index (χ0v) is 15.3. The number of piperidine rings is 1. The lowest BCUT2D eigenvalue weighted by atomic mass is 9.88. The van der Waals surface area contributed by atoms with Crippen LogP contribution >= 0.6 is 12.4 Å². The molecular formula is C16H34ClN3O. The molecule has 1 rings (SSSR count). The molecule has 1 amide bonds. The van der Waals surface area contributed by atoms with Gasteiger partial charge >= 0.3 is 0 Å². The second-order valence-electron chi connectivity index (χ2n) is 7.65. The van der Waals surface area contributed by atoms with Crippen LogP contribution in [0.4, 0.5) is 0 Å². The highest BCUT2D eigenvalue weighted by Crippen LogP contribution is 2.26. The number of nitrogens with one attached hydrogen (secondary N) is 1. The molecule has 0 saturated carbocycles. The Morgan fingerprint density at radius 1 is 1.29 bits per heavy atom. The highest BCUT2D eigenvalue weighted by molar-refractivity contribution is 5.85. The van der Waals surface area contributed by atoms with E-state index in [4.69, 9.17) is 5.73 Å². The molecule has 1 aliphatic rings. The maximum absolute atomic E-state index is 12.0. The van der Waals surface area contributed by atoms with E-state index in [1.54, 1.807) is 0 Å². The molecular weight excluding hydrogens is 286 g/mol. The summed E-state index contributed by atoms with van der Waals surface area (Å²) < 4.78 is 0. The minimum Gasteiger partial charge on any atom is -0.353 e. The molecule has 1 aliphatic heterocycles. The van der Waals surface area contributed by atoms with Gasteiger partial charge in [0, 0.05) is 25.2 Å². The first-order valence-corrected chi connectivity index (χ1v) is 7.92. The van der Waals surface area contributed by atoms with E-state index in [0.29, 0.717) is 6.54 Å². The topological polar surface area (TPSA) is 58.4 Å². The molecule has 1 heterocycles. The Labute approximate surface area is 136 Å². The van der Waals surface area contributed by atoms with Crippen molar-refractivity contribution in [1.82, 2.24) is 10.2 Å². The van der Waals surface area contributed by atoms with Crippen LogP contribution in [0.5, 0.6) is 0 Å². The van der Waals surface area contributed by atoms with Gasteiger partial charge in [-0.1, -0.05) is 27.7 Å². The number of hydrogen-bond acceptors (Lipinski definition) is 3. The summed E-state index contributed by atoms with van der Waals surface area (Å²) in [6, 6.07) is -0.412. The summed E-state index contributed by atoms with van der Waals surface area (Å²) in [5, 5.41) is 3.03. The fourth-order valence-electron chi connectivity index (χ4n) is 2.99. The van der Waals surface area contributed by atoms with Crippen LogP contribution in [0.25, 0.3) is 0 Å². The van der Waals surface area contributed by atoms with E-state index in [0.717, 1.165) is 24.9 Å². The molecule has 126 valence electrons. The summed E-state index contributed by atoms with van der Waals surface area (Å²) in [5.74, 6) is 1.60. The normalized spacial score (nSPS) is 25.3. The second kappa shape index (κ2) is 8.35. The number of nitrogens with two attached hydrogens (primary N) is 1. The maximum atomic E-state index is 12.0. The van der Waals surface area contributed by atoms with Gasteiger partial charge in [-0.3, -0.25) is 9.69 Å². The highest BCUT2D eigenvalue weighted by atomic mass is 35.5. The summed E-state index contributed by atoms with van der Waals surface area (Å²) in [5.41, 5.74) is 5.87. The zero-order chi connectivity index (χ0) is 15.5. The van der Waals surface area contributed by atoms with Crippen LogP contribution in [-0.4, -0.2) is 42.0 Å². The molecule has 0 bridgehead atoms. The predicted octanol–water partition coefficient (Wildman–Crippen LogP) is 2.26. The van der Waals surface area contributed by atoms with E-state index >= 15 is 0 Å². The summed E-state index contributed by atoms with van der Waals surface area (Å²) in [6.07, 6.45) is 1.30. The Bertz CT molecular complexity index is 323. The molecule has 1 fully saturated rings. The molecule has 3 atom stereocenters. The van der Waals surface area contributed by atoms with Gasteiger partial charge in [0.2, 0.25) is 5.91 Å². The predicted molar refractivity (Wildman–Crippen MR) is 91.7 cm³/mol. The summed E-state index contributed by atoms with van der Waals surface area (Å²) >= 11 is 0. The molecule has 3 N–H and O–H groups in total.